The second-order valence-electron chi connectivity index (χ2n) is 9.42. The summed E-state index contributed by atoms with van der Waals surface area (Å²) in [5, 5.41) is 10.7. The van der Waals surface area contributed by atoms with Crippen LogP contribution in [0.4, 0.5) is 13.2 Å². The molecule has 39 heavy (non-hydrogen) atoms. The molecule has 3 aromatic carbocycles. The number of nitrogens with zero attached hydrogens (tertiary/aromatic N) is 2. The Hall–Kier alpha value is -4.79. The zero-order valence-corrected chi connectivity index (χ0v) is 20.7. The van der Waals surface area contributed by atoms with E-state index in [9.17, 15) is 13.6 Å². The van der Waals surface area contributed by atoms with E-state index in [0.717, 1.165) is 11.1 Å². The summed E-state index contributed by atoms with van der Waals surface area (Å²) in [6, 6.07) is 14.6. The van der Waals surface area contributed by atoms with Crippen molar-refractivity contribution in [1.29, 1.82) is 0 Å². The number of aromatic nitrogens is 3. The van der Waals surface area contributed by atoms with Crippen LogP contribution in [-0.2, 0) is 11.2 Å². The van der Waals surface area contributed by atoms with Gasteiger partial charge in [0.2, 0.25) is 0 Å². The van der Waals surface area contributed by atoms with Crippen LogP contribution in [0.2, 0.25) is 0 Å². The summed E-state index contributed by atoms with van der Waals surface area (Å²) in [6.45, 7) is 1.86. The van der Waals surface area contributed by atoms with Gasteiger partial charge in [-0.05, 0) is 47.2 Å². The molecule has 3 aromatic heterocycles. The summed E-state index contributed by atoms with van der Waals surface area (Å²) in [6.07, 6.45) is 4.96. The number of fused-ring (bicyclic) bond motifs is 4. The number of ether oxygens (including phenoxy) is 1. The van der Waals surface area contributed by atoms with Gasteiger partial charge in [-0.15, -0.1) is 0 Å². The van der Waals surface area contributed by atoms with Crippen molar-refractivity contribution in [3.8, 4) is 11.5 Å². The number of imidazole rings is 1. The van der Waals surface area contributed by atoms with Crippen LogP contribution in [0.3, 0.4) is 0 Å². The van der Waals surface area contributed by atoms with Crippen LogP contribution in [0.25, 0.3) is 27.3 Å². The molecule has 1 atom stereocenters. The van der Waals surface area contributed by atoms with Crippen molar-refractivity contribution in [2.45, 2.75) is 25.7 Å². The molecule has 0 fully saturated rings. The van der Waals surface area contributed by atoms with E-state index in [4.69, 9.17) is 9.84 Å². The first-order chi connectivity index (χ1) is 18.8. The average Bonchev–Trinajstić information content (AvgIpc) is 3.57. The molecule has 6 rings (SSSR count). The van der Waals surface area contributed by atoms with Gasteiger partial charge in [-0.2, -0.15) is 0 Å². The molecule has 0 spiro atoms. The number of hydrogen-bond acceptors (Lipinski definition) is 3. The van der Waals surface area contributed by atoms with Crippen molar-refractivity contribution in [3.63, 3.8) is 0 Å². The number of aryl methyl sites for hydroxylation is 1. The average molecular weight is 530 g/mol. The zero-order valence-electron chi connectivity index (χ0n) is 20.7. The first-order valence-electron chi connectivity index (χ1n) is 12.3. The van der Waals surface area contributed by atoms with Gasteiger partial charge in [0.25, 0.3) is 0 Å². The predicted octanol–water partition coefficient (Wildman–Crippen LogP) is 7.35. The van der Waals surface area contributed by atoms with Gasteiger partial charge in [0.1, 0.15) is 17.2 Å². The van der Waals surface area contributed by atoms with E-state index in [1.165, 1.54) is 18.3 Å². The van der Waals surface area contributed by atoms with Crippen molar-refractivity contribution in [2.75, 3.05) is 0 Å². The fourth-order valence-corrected chi connectivity index (χ4v) is 5.00. The van der Waals surface area contributed by atoms with Gasteiger partial charge in [-0.1, -0.05) is 31.2 Å². The molecular formula is C30H22F3N3O3. The van der Waals surface area contributed by atoms with Crippen molar-refractivity contribution in [1.82, 2.24) is 14.4 Å². The Bertz CT molecular complexity index is 1890. The summed E-state index contributed by atoms with van der Waals surface area (Å²) in [7, 11) is 0. The van der Waals surface area contributed by atoms with E-state index in [1.54, 1.807) is 42.6 Å². The minimum absolute atomic E-state index is 0.0977. The maximum Gasteiger partial charge on any atom is 0.303 e. The minimum Gasteiger partial charge on any atom is -0.481 e. The van der Waals surface area contributed by atoms with E-state index in [-0.39, 0.29) is 24.0 Å². The molecular weight excluding hydrogens is 507 g/mol. The lowest BCUT2D eigenvalue weighted by atomic mass is 9.94. The highest BCUT2D eigenvalue weighted by Crippen LogP contribution is 2.35. The highest BCUT2D eigenvalue weighted by Gasteiger charge is 2.21. The van der Waals surface area contributed by atoms with E-state index in [0.29, 0.717) is 27.7 Å². The lowest BCUT2D eigenvalue weighted by Crippen LogP contribution is -2.06. The number of rotatable bonds is 7. The number of pyridine rings is 1. The zero-order chi connectivity index (χ0) is 27.3. The Balaban J connectivity index is 1.38. The summed E-state index contributed by atoms with van der Waals surface area (Å²) in [5.41, 5.74) is 2.41. The van der Waals surface area contributed by atoms with Crippen LogP contribution >= 0.6 is 0 Å². The van der Waals surface area contributed by atoms with Gasteiger partial charge in [0, 0.05) is 53.5 Å². The summed E-state index contributed by atoms with van der Waals surface area (Å²) in [5.74, 6) is -3.69. The molecule has 0 amide bonds. The van der Waals surface area contributed by atoms with Crippen molar-refractivity contribution < 1.29 is 27.8 Å². The van der Waals surface area contributed by atoms with Gasteiger partial charge >= 0.3 is 5.97 Å². The summed E-state index contributed by atoms with van der Waals surface area (Å²) >= 11 is 0. The third kappa shape index (κ3) is 4.25. The fourth-order valence-electron chi connectivity index (χ4n) is 5.00. The molecule has 0 aliphatic rings. The van der Waals surface area contributed by atoms with Gasteiger partial charge < -0.3 is 19.2 Å². The first kappa shape index (κ1) is 24.5. The maximum absolute atomic E-state index is 15.3. The molecule has 0 aliphatic carbocycles. The van der Waals surface area contributed by atoms with E-state index >= 15 is 4.39 Å². The molecule has 1 unspecified atom stereocenters. The Morgan fingerprint density at radius 3 is 2.74 bits per heavy atom. The highest BCUT2D eigenvalue weighted by molar-refractivity contribution is 5.95. The van der Waals surface area contributed by atoms with Crippen LogP contribution in [0, 0.1) is 17.5 Å². The Kier molecular flexibility index (Phi) is 5.98. The van der Waals surface area contributed by atoms with Crippen LogP contribution in [0.15, 0.2) is 73.2 Å². The Morgan fingerprint density at radius 1 is 1.08 bits per heavy atom. The van der Waals surface area contributed by atoms with Gasteiger partial charge in [-0.3, -0.25) is 4.79 Å². The SMILES string of the molecule is CC(c1cccc(CCC(=O)O)c1F)c1cnc2c3cc(Oc4c(F)cc5[nH]ccc5c4F)ccc3ccn12. The summed E-state index contributed by atoms with van der Waals surface area (Å²) in [4.78, 5) is 18.3. The number of benzene rings is 3. The van der Waals surface area contributed by atoms with Gasteiger partial charge in [0.15, 0.2) is 17.4 Å². The molecule has 0 radical (unpaired) electrons. The predicted molar refractivity (Wildman–Crippen MR) is 141 cm³/mol. The van der Waals surface area contributed by atoms with Crippen molar-refractivity contribution in [3.05, 3.63) is 107 Å². The number of carboxylic acids is 1. The molecule has 0 saturated heterocycles. The van der Waals surface area contributed by atoms with Crippen LogP contribution in [0.5, 0.6) is 11.5 Å². The molecule has 0 saturated carbocycles. The molecule has 0 aliphatic heterocycles. The van der Waals surface area contributed by atoms with E-state index < -0.39 is 35.1 Å². The third-order valence-corrected chi connectivity index (χ3v) is 7.04. The number of halogens is 3. The highest BCUT2D eigenvalue weighted by atomic mass is 19.1. The van der Waals surface area contributed by atoms with Gasteiger partial charge in [-0.25, -0.2) is 18.2 Å². The molecule has 9 heteroatoms. The number of carbonyl (C=O) groups is 1. The monoisotopic (exact) mass is 529 g/mol. The van der Waals surface area contributed by atoms with Crippen LogP contribution < -0.4 is 4.74 Å². The number of hydrogen-bond donors (Lipinski definition) is 2. The quantitative estimate of drug-likeness (QED) is 0.227. The second-order valence-corrected chi connectivity index (χ2v) is 9.42. The molecule has 3 heterocycles. The molecule has 196 valence electrons. The fraction of sp³-hybridized carbons (Fsp3) is 0.133. The molecule has 2 N–H and O–H groups in total. The second kappa shape index (κ2) is 9.50. The van der Waals surface area contributed by atoms with Gasteiger partial charge in [0.05, 0.1) is 5.52 Å². The summed E-state index contributed by atoms with van der Waals surface area (Å²) < 4.78 is 52.4. The third-order valence-electron chi connectivity index (χ3n) is 7.04. The number of H-pyrrole nitrogens is 1. The normalized spacial score (nSPS) is 12.4. The first-order valence-corrected chi connectivity index (χ1v) is 12.3. The van der Waals surface area contributed by atoms with E-state index in [1.807, 2.05) is 23.6 Å². The number of carboxylic acid groups (broad SMARTS) is 1. The number of aliphatic carboxylic acids is 1. The maximum atomic E-state index is 15.3. The Morgan fingerprint density at radius 2 is 1.92 bits per heavy atom. The van der Waals surface area contributed by atoms with Crippen molar-refractivity contribution >= 4 is 33.3 Å². The number of nitrogens with one attached hydrogen (secondary N) is 1. The lowest BCUT2D eigenvalue weighted by Gasteiger charge is -2.15. The smallest absolute Gasteiger partial charge is 0.303 e. The molecule has 6 nitrogen and oxygen atoms in total. The number of aromatic amines is 1. The van der Waals surface area contributed by atoms with Crippen molar-refractivity contribution in [2.24, 2.45) is 0 Å². The molecule has 6 aromatic rings. The minimum atomic E-state index is -0.986. The van der Waals surface area contributed by atoms with Crippen LogP contribution in [-0.4, -0.2) is 25.4 Å². The largest absolute Gasteiger partial charge is 0.481 e. The lowest BCUT2D eigenvalue weighted by molar-refractivity contribution is -0.136. The Labute approximate surface area is 220 Å². The van der Waals surface area contributed by atoms with E-state index in [2.05, 4.69) is 9.97 Å². The standard InChI is InChI=1S/C30H22F3N3O3/c1-16(20-4-2-3-18(27(20)32)6-8-26(37)38)25-15-35-30-22-13-19(7-5-17(22)10-12-36(25)30)39-29-23(31)14-24-21(28(29)33)9-11-34-24/h2-5,7,9-16,34H,6,8H2,1H3,(H,37,38). The topological polar surface area (TPSA) is 79.6 Å². The molecule has 0 bridgehead atoms. The van der Waals surface area contributed by atoms with Crippen LogP contribution in [0.1, 0.15) is 36.1 Å².